The van der Waals surface area contributed by atoms with E-state index in [4.69, 9.17) is 0 Å². The fraction of sp³-hybridized carbons (Fsp3) is 0.462. The number of hydrogen-bond donors (Lipinski definition) is 1. The van der Waals surface area contributed by atoms with Crippen LogP contribution in [0.1, 0.15) is 24.8 Å². The molecule has 0 bridgehead atoms. The number of pyridine rings is 1. The molecule has 0 unspecified atom stereocenters. The first-order chi connectivity index (χ1) is 7.84. The summed E-state index contributed by atoms with van der Waals surface area (Å²) in [7, 11) is 0. The van der Waals surface area contributed by atoms with E-state index in [9.17, 15) is 0 Å². The molecule has 3 rings (SSSR count). The molecule has 2 aliphatic rings. The van der Waals surface area contributed by atoms with Crippen molar-refractivity contribution < 1.29 is 0 Å². The molecule has 0 radical (unpaired) electrons. The lowest BCUT2D eigenvalue weighted by Crippen LogP contribution is -2.30. The molecule has 1 fully saturated rings. The second-order valence-corrected chi connectivity index (χ2v) is 5.52. The van der Waals surface area contributed by atoms with Gasteiger partial charge in [0.25, 0.3) is 0 Å². The van der Waals surface area contributed by atoms with Crippen LogP contribution in [-0.2, 0) is 0 Å². The normalized spacial score (nSPS) is 28.7. The maximum atomic E-state index is 4.26. The van der Waals surface area contributed by atoms with Gasteiger partial charge in [0, 0.05) is 22.9 Å². The van der Waals surface area contributed by atoms with Gasteiger partial charge in [0.1, 0.15) is 0 Å². The molecule has 3 heteroatoms. The summed E-state index contributed by atoms with van der Waals surface area (Å²) in [5.41, 5.74) is 2.71. The smallest absolute Gasteiger partial charge is 0.0410 e. The van der Waals surface area contributed by atoms with Gasteiger partial charge in [-0.05, 0) is 64.9 Å². The van der Waals surface area contributed by atoms with Crippen molar-refractivity contribution in [3.63, 3.8) is 0 Å². The van der Waals surface area contributed by atoms with E-state index in [-0.39, 0.29) is 0 Å². The van der Waals surface area contributed by atoms with Crippen molar-refractivity contribution in [1.29, 1.82) is 0 Å². The predicted molar refractivity (Wildman–Crippen MR) is 69.0 cm³/mol. The van der Waals surface area contributed by atoms with Crippen LogP contribution in [0.2, 0.25) is 0 Å². The molecule has 84 valence electrons. The van der Waals surface area contributed by atoms with Gasteiger partial charge in [-0.3, -0.25) is 4.98 Å². The minimum atomic E-state index is 0.560. The van der Waals surface area contributed by atoms with Crippen molar-refractivity contribution in [3.05, 3.63) is 34.6 Å². The second-order valence-electron chi connectivity index (χ2n) is 4.61. The molecule has 1 aromatic rings. The van der Waals surface area contributed by atoms with E-state index in [1.54, 1.807) is 0 Å². The summed E-state index contributed by atoms with van der Waals surface area (Å²) in [6.45, 7) is 1.16. The molecule has 0 spiro atoms. The van der Waals surface area contributed by atoms with Gasteiger partial charge >= 0.3 is 0 Å². The molecule has 16 heavy (non-hydrogen) atoms. The molecule has 2 heterocycles. The largest absolute Gasteiger partial charge is 0.310 e. The molecule has 1 N–H and O–H groups in total. The van der Waals surface area contributed by atoms with Crippen LogP contribution >= 0.6 is 15.9 Å². The number of aromatic nitrogens is 1. The Kier molecular flexibility index (Phi) is 2.82. The number of allylic oxidation sites excluding steroid dienone is 1. The number of hydrogen-bond acceptors (Lipinski definition) is 2. The summed E-state index contributed by atoms with van der Waals surface area (Å²) in [6.07, 6.45) is 10.1. The van der Waals surface area contributed by atoms with Gasteiger partial charge < -0.3 is 5.32 Å². The topological polar surface area (TPSA) is 24.9 Å². The zero-order valence-electron chi connectivity index (χ0n) is 9.12. The van der Waals surface area contributed by atoms with E-state index in [0.717, 1.165) is 16.9 Å². The van der Waals surface area contributed by atoms with Crippen LogP contribution < -0.4 is 5.32 Å². The Hall–Kier alpha value is -0.670. The van der Waals surface area contributed by atoms with Gasteiger partial charge in [-0.15, -0.1) is 0 Å². The third kappa shape index (κ3) is 1.82. The lowest BCUT2D eigenvalue weighted by molar-refractivity contribution is 0.470. The van der Waals surface area contributed by atoms with Crippen molar-refractivity contribution in [1.82, 2.24) is 10.3 Å². The van der Waals surface area contributed by atoms with Gasteiger partial charge in [-0.2, -0.15) is 0 Å². The molecule has 0 saturated carbocycles. The highest BCUT2D eigenvalue weighted by molar-refractivity contribution is 9.10. The highest BCUT2D eigenvalue weighted by atomic mass is 79.9. The Morgan fingerprint density at radius 2 is 2.25 bits per heavy atom. The first-order valence-corrected chi connectivity index (χ1v) is 6.68. The van der Waals surface area contributed by atoms with E-state index in [1.807, 2.05) is 12.4 Å². The Balaban J connectivity index is 1.96. The van der Waals surface area contributed by atoms with E-state index < -0.39 is 0 Å². The van der Waals surface area contributed by atoms with Crippen LogP contribution in [0.15, 0.2) is 29.0 Å². The summed E-state index contributed by atoms with van der Waals surface area (Å²) < 4.78 is 1.06. The number of fused-ring (bicyclic) bond motifs is 1. The summed E-state index contributed by atoms with van der Waals surface area (Å²) in [6, 6.07) is 2.73. The maximum absolute atomic E-state index is 4.26. The van der Waals surface area contributed by atoms with E-state index in [1.165, 1.54) is 30.4 Å². The molecule has 1 aliphatic heterocycles. The quantitative estimate of drug-likeness (QED) is 0.854. The van der Waals surface area contributed by atoms with Crippen molar-refractivity contribution in [2.45, 2.75) is 25.3 Å². The number of rotatable bonds is 1. The SMILES string of the molecule is Brc1cncc(C2=CCC[C@H]3CCN[C@@H]23)c1. The number of nitrogens with zero attached hydrogens (tertiary/aromatic N) is 1. The molecule has 0 amide bonds. The lowest BCUT2D eigenvalue weighted by atomic mass is 9.82. The Morgan fingerprint density at radius 3 is 3.12 bits per heavy atom. The van der Waals surface area contributed by atoms with Gasteiger partial charge in [-0.25, -0.2) is 0 Å². The minimum Gasteiger partial charge on any atom is -0.310 e. The molecular weight excluding hydrogens is 264 g/mol. The van der Waals surface area contributed by atoms with Gasteiger partial charge in [0.2, 0.25) is 0 Å². The Morgan fingerprint density at radius 1 is 1.31 bits per heavy atom. The average molecular weight is 279 g/mol. The third-order valence-corrected chi connectivity index (χ3v) is 4.06. The molecule has 1 aliphatic carbocycles. The molecule has 1 aromatic heterocycles. The van der Waals surface area contributed by atoms with Crippen molar-refractivity contribution >= 4 is 21.5 Å². The van der Waals surface area contributed by atoms with Gasteiger partial charge in [0.15, 0.2) is 0 Å². The van der Waals surface area contributed by atoms with E-state index in [2.05, 4.69) is 38.4 Å². The number of nitrogens with one attached hydrogen (secondary N) is 1. The second kappa shape index (κ2) is 4.30. The predicted octanol–water partition coefficient (Wildman–Crippen LogP) is 3.00. The molecule has 2 nitrogen and oxygen atoms in total. The van der Waals surface area contributed by atoms with Gasteiger partial charge in [-0.1, -0.05) is 6.08 Å². The summed E-state index contributed by atoms with van der Waals surface area (Å²) in [5.74, 6) is 0.832. The maximum Gasteiger partial charge on any atom is 0.0410 e. The van der Waals surface area contributed by atoms with Crippen LogP contribution in [0, 0.1) is 5.92 Å². The summed E-state index contributed by atoms with van der Waals surface area (Å²) in [4.78, 5) is 4.26. The van der Waals surface area contributed by atoms with Crippen molar-refractivity contribution in [3.8, 4) is 0 Å². The van der Waals surface area contributed by atoms with Crippen LogP contribution in [0.3, 0.4) is 0 Å². The average Bonchev–Trinajstić information content (AvgIpc) is 2.76. The molecule has 2 atom stereocenters. The lowest BCUT2D eigenvalue weighted by Gasteiger charge is -2.27. The van der Waals surface area contributed by atoms with E-state index in [0.29, 0.717) is 6.04 Å². The zero-order chi connectivity index (χ0) is 11.0. The van der Waals surface area contributed by atoms with E-state index >= 15 is 0 Å². The standard InChI is InChI=1S/C13H15BrN2/c14-11-6-10(7-15-8-11)12-3-1-2-9-4-5-16-13(9)12/h3,6-9,13,16H,1-2,4-5H2/t9-,13+/m0/s1. The van der Waals surface area contributed by atoms with Crippen LogP contribution in [0.5, 0.6) is 0 Å². The molecular formula is C13H15BrN2. The van der Waals surface area contributed by atoms with Crippen LogP contribution in [0.25, 0.3) is 5.57 Å². The third-order valence-electron chi connectivity index (χ3n) is 3.63. The van der Waals surface area contributed by atoms with Crippen molar-refractivity contribution in [2.24, 2.45) is 5.92 Å². The Bertz CT molecular complexity index is 428. The van der Waals surface area contributed by atoms with Crippen LogP contribution in [-0.4, -0.2) is 17.6 Å². The monoisotopic (exact) mass is 278 g/mol. The minimum absolute atomic E-state index is 0.560. The highest BCUT2D eigenvalue weighted by Crippen LogP contribution is 2.36. The Labute approximate surface area is 104 Å². The molecule has 1 saturated heterocycles. The van der Waals surface area contributed by atoms with Crippen LogP contribution in [0.4, 0.5) is 0 Å². The first kappa shape index (κ1) is 10.5. The zero-order valence-corrected chi connectivity index (χ0v) is 10.7. The van der Waals surface area contributed by atoms with Gasteiger partial charge in [0.05, 0.1) is 0 Å². The highest BCUT2D eigenvalue weighted by Gasteiger charge is 2.32. The number of halogens is 1. The first-order valence-electron chi connectivity index (χ1n) is 5.89. The summed E-state index contributed by atoms with van der Waals surface area (Å²) in [5, 5.41) is 3.62. The fourth-order valence-electron chi connectivity index (χ4n) is 2.88. The van der Waals surface area contributed by atoms with Crippen molar-refractivity contribution in [2.75, 3.05) is 6.54 Å². The molecule has 0 aromatic carbocycles. The fourth-order valence-corrected chi connectivity index (χ4v) is 3.24. The summed E-state index contributed by atoms with van der Waals surface area (Å²) >= 11 is 3.49.